The first kappa shape index (κ1) is 12.1. The average Bonchev–Trinajstić information content (AvgIpc) is 2.19. The van der Waals surface area contributed by atoms with Crippen molar-refractivity contribution < 1.29 is 4.74 Å². The van der Waals surface area contributed by atoms with Gasteiger partial charge in [-0.2, -0.15) is 0 Å². The molecule has 0 saturated heterocycles. The largest absolute Gasteiger partial charge is 0.493 e. The fourth-order valence-electron chi connectivity index (χ4n) is 0.878. The Labute approximate surface area is 98.6 Å². The molecule has 0 radical (unpaired) electrons. The van der Waals surface area contributed by atoms with Crippen molar-refractivity contribution in [1.29, 1.82) is 5.41 Å². The van der Waals surface area contributed by atoms with Crippen molar-refractivity contribution in [1.82, 2.24) is 0 Å². The Morgan fingerprint density at radius 2 is 2.13 bits per heavy atom. The van der Waals surface area contributed by atoms with Crippen molar-refractivity contribution in [2.24, 2.45) is 11.7 Å². The highest BCUT2D eigenvalue weighted by Gasteiger charge is 2.06. The van der Waals surface area contributed by atoms with Crippen molar-refractivity contribution in [3.63, 3.8) is 0 Å². The van der Waals surface area contributed by atoms with E-state index in [-0.39, 0.29) is 11.8 Å². The summed E-state index contributed by atoms with van der Waals surface area (Å²) in [4.78, 5) is 0. The lowest BCUT2D eigenvalue weighted by molar-refractivity contribution is 0.292. The zero-order valence-corrected chi connectivity index (χ0v) is 9.77. The number of nitrogens with one attached hydrogen (secondary N) is 1. The summed E-state index contributed by atoms with van der Waals surface area (Å²) in [5.41, 5.74) is 5.31. The summed E-state index contributed by atoms with van der Waals surface area (Å²) in [6.07, 6.45) is 0. The van der Waals surface area contributed by atoms with Crippen molar-refractivity contribution in [2.75, 3.05) is 6.61 Å². The van der Waals surface area contributed by atoms with E-state index in [4.69, 9.17) is 39.1 Å². The van der Waals surface area contributed by atoms with Gasteiger partial charge in [0.05, 0.1) is 22.5 Å². The van der Waals surface area contributed by atoms with Crippen LogP contribution in [-0.4, -0.2) is 12.4 Å². The van der Waals surface area contributed by atoms with E-state index in [9.17, 15) is 0 Å². The van der Waals surface area contributed by atoms with Gasteiger partial charge in [-0.15, -0.1) is 0 Å². The van der Waals surface area contributed by atoms with Crippen LogP contribution in [0.25, 0.3) is 0 Å². The van der Waals surface area contributed by atoms with Crippen LogP contribution in [0.2, 0.25) is 10.0 Å². The first-order valence-corrected chi connectivity index (χ1v) is 5.18. The summed E-state index contributed by atoms with van der Waals surface area (Å²) in [6.45, 7) is 2.17. The topological polar surface area (TPSA) is 59.1 Å². The summed E-state index contributed by atoms with van der Waals surface area (Å²) in [7, 11) is 0. The summed E-state index contributed by atoms with van der Waals surface area (Å²) < 4.78 is 5.40. The highest BCUT2D eigenvalue weighted by atomic mass is 35.5. The third-order valence-corrected chi connectivity index (χ3v) is 2.66. The second-order valence-electron chi connectivity index (χ2n) is 3.24. The number of ether oxygens (including phenoxy) is 1. The minimum atomic E-state index is -0.112. The van der Waals surface area contributed by atoms with Gasteiger partial charge in [0, 0.05) is 12.0 Å². The molecule has 1 aromatic rings. The number of hydrogen-bond acceptors (Lipinski definition) is 2. The van der Waals surface area contributed by atoms with Crippen molar-refractivity contribution in [2.45, 2.75) is 6.92 Å². The maximum Gasteiger partial charge on any atom is 0.120 e. The van der Waals surface area contributed by atoms with Gasteiger partial charge in [0.25, 0.3) is 0 Å². The van der Waals surface area contributed by atoms with Crippen LogP contribution in [0.3, 0.4) is 0 Å². The maximum atomic E-state index is 7.19. The van der Waals surface area contributed by atoms with Gasteiger partial charge < -0.3 is 10.5 Å². The van der Waals surface area contributed by atoms with Gasteiger partial charge in [0.15, 0.2) is 0 Å². The molecule has 0 amide bonds. The molecule has 1 atom stereocenters. The molecule has 1 aromatic carbocycles. The van der Waals surface area contributed by atoms with Gasteiger partial charge >= 0.3 is 0 Å². The van der Waals surface area contributed by atoms with E-state index in [0.29, 0.717) is 22.4 Å². The lowest BCUT2D eigenvalue weighted by atomic mass is 10.2. The number of hydrogen-bond donors (Lipinski definition) is 2. The minimum absolute atomic E-state index is 0.107. The van der Waals surface area contributed by atoms with E-state index in [1.165, 1.54) is 0 Å². The number of nitrogens with two attached hydrogens (primary N) is 1. The van der Waals surface area contributed by atoms with Crippen LogP contribution in [0.1, 0.15) is 6.92 Å². The van der Waals surface area contributed by atoms with Crippen LogP contribution in [0.4, 0.5) is 0 Å². The molecule has 0 bridgehead atoms. The molecule has 15 heavy (non-hydrogen) atoms. The van der Waals surface area contributed by atoms with Gasteiger partial charge in [-0.05, 0) is 12.1 Å². The molecule has 0 heterocycles. The predicted molar refractivity (Wildman–Crippen MR) is 63.0 cm³/mol. The molecular formula is C10H12Cl2N2O. The summed E-state index contributed by atoms with van der Waals surface area (Å²) in [5.74, 6) is 0.618. The van der Waals surface area contributed by atoms with Crippen molar-refractivity contribution in [3.8, 4) is 5.75 Å². The maximum absolute atomic E-state index is 7.19. The van der Waals surface area contributed by atoms with Crippen LogP contribution in [0.5, 0.6) is 5.75 Å². The highest BCUT2D eigenvalue weighted by molar-refractivity contribution is 6.42. The Morgan fingerprint density at radius 1 is 1.47 bits per heavy atom. The summed E-state index contributed by atoms with van der Waals surface area (Å²) in [6, 6.07) is 5.02. The van der Waals surface area contributed by atoms with Gasteiger partial charge in [0.1, 0.15) is 5.75 Å². The van der Waals surface area contributed by atoms with E-state index in [1.807, 2.05) is 6.92 Å². The smallest absolute Gasteiger partial charge is 0.120 e. The molecule has 0 fully saturated rings. The molecule has 0 aromatic heterocycles. The first-order chi connectivity index (χ1) is 7.00. The van der Waals surface area contributed by atoms with E-state index < -0.39 is 0 Å². The van der Waals surface area contributed by atoms with Crippen LogP contribution >= 0.6 is 23.2 Å². The Bertz CT molecular complexity index is 368. The third kappa shape index (κ3) is 3.61. The fourth-order valence-corrected chi connectivity index (χ4v) is 1.17. The minimum Gasteiger partial charge on any atom is -0.493 e. The molecule has 3 N–H and O–H groups in total. The fraction of sp³-hybridized carbons (Fsp3) is 0.300. The van der Waals surface area contributed by atoms with Gasteiger partial charge in [0.2, 0.25) is 0 Å². The molecule has 82 valence electrons. The monoisotopic (exact) mass is 246 g/mol. The van der Waals surface area contributed by atoms with Crippen LogP contribution in [0, 0.1) is 11.3 Å². The van der Waals surface area contributed by atoms with Gasteiger partial charge in [-0.1, -0.05) is 30.1 Å². The summed E-state index contributed by atoms with van der Waals surface area (Å²) >= 11 is 11.6. The lowest BCUT2D eigenvalue weighted by Gasteiger charge is -2.11. The zero-order valence-electron chi connectivity index (χ0n) is 8.26. The Morgan fingerprint density at radius 3 is 2.67 bits per heavy atom. The van der Waals surface area contributed by atoms with E-state index in [0.717, 1.165) is 0 Å². The van der Waals surface area contributed by atoms with Crippen LogP contribution in [-0.2, 0) is 0 Å². The molecule has 0 aliphatic rings. The van der Waals surface area contributed by atoms with Crippen LogP contribution < -0.4 is 10.5 Å². The predicted octanol–water partition coefficient (Wildman–Crippen LogP) is 2.94. The number of rotatable bonds is 4. The van der Waals surface area contributed by atoms with Gasteiger partial charge in [-0.25, -0.2) is 0 Å². The molecule has 0 spiro atoms. The van der Waals surface area contributed by atoms with Gasteiger partial charge in [-0.3, -0.25) is 5.41 Å². The Kier molecular flexibility index (Phi) is 4.24. The Balaban J connectivity index is 2.58. The molecule has 0 saturated carbocycles. The SMILES string of the molecule is CC(COc1ccc(Cl)c(Cl)c1)C(=N)N. The normalized spacial score (nSPS) is 12.2. The van der Waals surface area contributed by atoms with Crippen molar-refractivity contribution in [3.05, 3.63) is 28.2 Å². The molecular weight excluding hydrogens is 235 g/mol. The number of amidine groups is 1. The number of halogens is 2. The highest BCUT2D eigenvalue weighted by Crippen LogP contribution is 2.26. The molecule has 5 heteroatoms. The zero-order chi connectivity index (χ0) is 11.4. The van der Waals surface area contributed by atoms with E-state index in [2.05, 4.69) is 0 Å². The third-order valence-electron chi connectivity index (χ3n) is 1.92. The molecule has 0 aliphatic carbocycles. The summed E-state index contributed by atoms with van der Waals surface area (Å²) in [5, 5.41) is 8.13. The van der Waals surface area contributed by atoms with E-state index in [1.54, 1.807) is 18.2 Å². The Hall–Kier alpha value is -0.930. The molecule has 0 aliphatic heterocycles. The first-order valence-electron chi connectivity index (χ1n) is 4.42. The number of benzene rings is 1. The molecule has 3 nitrogen and oxygen atoms in total. The second kappa shape index (κ2) is 5.24. The van der Waals surface area contributed by atoms with Crippen molar-refractivity contribution >= 4 is 29.0 Å². The standard InChI is InChI=1S/C10H12Cl2N2O/c1-6(10(13)14)5-15-7-2-3-8(11)9(12)4-7/h2-4,6H,5H2,1H3,(H3,13,14). The lowest BCUT2D eigenvalue weighted by Crippen LogP contribution is -2.25. The van der Waals surface area contributed by atoms with Crippen LogP contribution in [0.15, 0.2) is 18.2 Å². The molecule has 1 rings (SSSR count). The van der Waals surface area contributed by atoms with E-state index >= 15 is 0 Å². The average molecular weight is 247 g/mol. The second-order valence-corrected chi connectivity index (χ2v) is 4.06. The molecule has 1 unspecified atom stereocenters. The quantitative estimate of drug-likeness (QED) is 0.634.